The molecule has 20 heavy (non-hydrogen) atoms. The van der Waals surface area contributed by atoms with Crippen LogP contribution in [0.5, 0.6) is 0 Å². The summed E-state index contributed by atoms with van der Waals surface area (Å²) in [4.78, 5) is 25.8. The molecule has 0 bridgehead atoms. The third-order valence-corrected chi connectivity index (χ3v) is 3.24. The van der Waals surface area contributed by atoms with Gasteiger partial charge in [-0.1, -0.05) is 31.5 Å². The van der Waals surface area contributed by atoms with Crippen LogP contribution in [0.3, 0.4) is 0 Å². The summed E-state index contributed by atoms with van der Waals surface area (Å²) >= 11 is 0. The first-order valence-electron chi connectivity index (χ1n) is 6.69. The van der Waals surface area contributed by atoms with Crippen molar-refractivity contribution in [3.63, 3.8) is 0 Å². The lowest BCUT2D eigenvalue weighted by Crippen LogP contribution is -2.37. The average Bonchev–Trinajstić information content (AvgIpc) is 2.43. The summed E-state index contributed by atoms with van der Waals surface area (Å²) in [6, 6.07) is 8.69. The molecule has 0 saturated heterocycles. The number of carbonyl (C=O) groups is 1. The lowest BCUT2D eigenvalue weighted by Gasteiger charge is -2.13. The molecule has 5 nitrogen and oxygen atoms in total. The summed E-state index contributed by atoms with van der Waals surface area (Å²) < 4.78 is 0. The van der Waals surface area contributed by atoms with Gasteiger partial charge in [-0.15, -0.1) is 0 Å². The zero-order valence-corrected chi connectivity index (χ0v) is 11.3. The van der Waals surface area contributed by atoms with Gasteiger partial charge >= 0.3 is 5.97 Å². The number of pyridine rings is 1. The number of aliphatic carboxylic acids is 1. The van der Waals surface area contributed by atoms with Gasteiger partial charge in [0.25, 0.3) is 5.56 Å². The number of H-pyrrole nitrogens is 1. The van der Waals surface area contributed by atoms with E-state index < -0.39 is 12.0 Å². The van der Waals surface area contributed by atoms with Crippen LogP contribution in [0, 0.1) is 0 Å². The van der Waals surface area contributed by atoms with Crippen LogP contribution in [0.25, 0.3) is 10.9 Å². The first-order chi connectivity index (χ1) is 9.61. The number of para-hydroxylation sites is 1. The van der Waals surface area contributed by atoms with Gasteiger partial charge in [0, 0.05) is 17.6 Å². The number of nitrogens with one attached hydrogen (secondary N) is 2. The molecule has 1 aromatic carbocycles. The highest BCUT2D eigenvalue weighted by molar-refractivity contribution is 5.78. The molecule has 0 aliphatic carbocycles. The molecule has 0 spiro atoms. The molecule has 0 aliphatic heterocycles. The first kappa shape index (κ1) is 14.3. The maximum atomic E-state index is 11.9. The Morgan fingerprint density at radius 2 is 2.15 bits per heavy atom. The number of carboxylic acids is 1. The van der Waals surface area contributed by atoms with E-state index in [1.807, 2.05) is 31.2 Å². The van der Waals surface area contributed by atoms with Crippen LogP contribution in [0.1, 0.15) is 25.3 Å². The number of aromatic amines is 1. The summed E-state index contributed by atoms with van der Waals surface area (Å²) in [5, 5.41) is 12.9. The van der Waals surface area contributed by atoms with Crippen molar-refractivity contribution in [2.75, 3.05) is 0 Å². The normalized spacial score (nSPS) is 12.4. The number of fused-ring (bicyclic) bond motifs is 1. The Kier molecular flexibility index (Phi) is 4.53. The zero-order chi connectivity index (χ0) is 14.5. The molecular formula is C15H18N2O3. The van der Waals surface area contributed by atoms with E-state index in [-0.39, 0.29) is 12.1 Å². The lowest BCUT2D eigenvalue weighted by atomic mass is 10.1. The van der Waals surface area contributed by atoms with E-state index in [0.29, 0.717) is 12.0 Å². The van der Waals surface area contributed by atoms with E-state index in [0.717, 1.165) is 17.3 Å². The number of carboxylic acid groups (broad SMARTS) is 1. The second-order valence-electron chi connectivity index (χ2n) is 4.77. The minimum absolute atomic E-state index is 0.183. The third-order valence-electron chi connectivity index (χ3n) is 3.24. The van der Waals surface area contributed by atoms with Crippen molar-refractivity contribution in [3.05, 3.63) is 46.2 Å². The van der Waals surface area contributed by atoms with E-state index in [2.05, 4.69) is 10.3 Å². The Morgan fingerprint density at radius 3 is 2.85 bits per heavy atom. The molecule has 2 rings (SSSR count). The number of benzene rings is 1. The van der Waals surface area contributed by atoms with Gasteiger partial charge in [0.2, 0.25) is 0 Å². The molecule has 1 heterocycles. The Morgan fingerprint density at radius 1 is 1.40 bits per heavy atom. The molecule has 1 aromatic heterocycles. The maximum Gasteiger partial charge on any atom is 0.320 e. The van der Waals surface area contributed by atoms with Crippen LogP contribution >= 0.6 is 0 Å². The van der Waals surface area contributed by atoms with Gasteiger partial charge in [0.05, 0.1) is 0 Å². The van der Waals surface area contributed by atoms with Crippen molar-refractivity contribution in [1.29, 1.82) is 0 Å². The molecule has 0 aliphatic rings. The second kappa shape index (κ2) is 6.34. The molecule has 1 unspecified atom stereocenters. The fraction of sp³-hybridized carbons (Fsp3) is 0.333. The van der Waals surface area contributed by atoms with E-state index >= 15 is 0 Å². The number of hydrogen-bond acceptors (Lipinski definition) is 3. The molecule has 2 aromatic rings. The third kappa shape index (κ3) is 3.24. The Hall–Kier alpha value is -2.14. The summed E-state index contributed by atoms with van der Waals surface area (Å²) in [6.45, 7) is 2.18. The van der Waals surface area contributed by atoms with E-state index in [1.165, 1.54) is 0 Å². The average molecular weight is 274 g/mol. The maximum absolute atomic E-state index is 11.9. The van der Waals surface area contributed by atoms with Gasteiger partial charge in [-0.25, -0.2) is 0 Å². The van der Waals surface area contributed by atoms with Crippen LogP contribution < -0.4 is 10.9 Å². The second-order valence-corrected chi connectivity index (χ2v) is 4.77. The fourth-order valence-electron chi connectivity index (χ4n) is 2.16. The van der Waals surface area contributed by atoms with Crippen molar-refractivity contribution in [2.24, 2.45) is 0 Å². The zero-order valence-electron chi connectivity index (χ0n) is 11.3. The van der Waals surface area contributed by atoms with Crippen LogP contribution in [0.2, 0.25) is 0 Å². The highest BCUT2D eigenvalue weighted by atomic mass is 16.4. The predicted molar refractivity (Wildman–Crippen MR) is 77.7 cm³/mol. The van der Waals surface area contributed by atoms with Gasteiger partial charge in [-0.2, -0.15) is 0 Å². The minimum Gasteiger partial charge on any atom is -0.480 e. The molecule has 0 amide bonds. The van der Waals surface area contributed by atoms with Crippen molar-refractivity contribution >= 4 is 16.9 Å². The molecule has 106 valence electrons. The first-order valence-corrected chi connectivity index (χ1v) is 6.69. The monoisotopic (exact) mass is 274 g/mol. The Balaban J connectivity index is 2.19. The van der Waals surface area contributed by atoms with Crippen LogP contribution in [0.4, 0.5) is 0 Å². The van der Waals surface area contributed by atoms with E-state index in [9.17, 15) is 9.59 Å². The van der Waals surface area contributed by atoms with Crippen LogP contribution in [-0.4, -0.2) is 22.1 Å². The predicted octanol–water partition coefficient (Wildman–Crippen LogP) is 1.87. The standard InChI is InChI=1S/C15H18N2O3/c1-2-5-13(15(19)20)16-9-11-8-10-6-3-4-7-12(10)17-14(11)18/h3-4,6-8,13,16H,2,5,9H2,1H3,(H,17,18)(H,19,20). The molecule has 1 atom stereocenters. The smallest absolute Gasteiger partial charge is 0.320 e. The van der Waals surface area contributed by atoms with Gasteiger partial charge < -0.3 is 15.4 Å². The number of rotatable bonds is 6. The fourth-order valence-corrected chi connectivity index (χ4v) is 2.16. The highest BCUT2D eigenvalue weighted by Gasteiger charge is 2.15. The highest BCUT2D eigenvalue weighted by Crippen LogP contribution is 2.10. The van der Waals surface area contributed by atoms with Crippen LogP contribution in [-0.2, 0) is 11.3 Å². The topological polar surface area (TPSA) is 82.2 Å². The molecule has 5 heteroatoms. The Labute approximate surface area is 116 Å². The van der Waals surface area contributed by atoms with Gasteiger partial charge in [-0.3, -0.25) is 9.59 Å². The van der Waals surface area contributed by atoms with Gasteiger partial charge in [0.15, 0.2) is 0 Å². The quantitative estimate of drug-likeness (QED) is 0.751. The van der Waals surface area contributed by atoms with Crippen molar-refractivity contribution in [1.82, 2.24) is 10.3 Å². The molecule has 0 fully saturated rings. The lowest BCUT2D eigenvalue weighted by molar-refractivity contribution is -0.139. The van der Waals surface area contributed by atoms with Crippen LogP contribution in [0.15, 0.2) is 35.1 Å². The van der Waals surface area contributed by atoms with Gasteiger partial charge in [0.1, 0.15) is 6.04 Å². The van der Waals surface area contributed by atoms with Crippen molar-refractivity contribution < 1.29 is 9.90 Å². The molecule has 0 saturated carbocycles. The summed E-state index contributed by atoms with van der Waals surface area (Å²) in [5.74, 6) is -0.885. The summed E-state index contributed by atoms with van der Waals surface area (Å²) in [7, 11) is 0. The minimum atomic E-state index is -0.885. The summed E-state index contributed by atoms with van der Waals surface area (Å²) in [5.41, 5.74) is 1.15. The summed E-state index contributed by atoms with van der Waals surface area (Å²) in [6.07, 6.45) is 1.32. The Bertz CT molecular complexity index is 663. The van der Waals surface area contributed by atoms with Crippen molar-refractivity contribution in [3.8, 4) is 0 Å². The van der Waals surface area contributed by atoms with E-state index in [1.54, 1.807) is 6.07 Å². The largest absolute Gasteiger partial charge is 0.480 e. The molecule has 0 radical (unpaired) electrons. The number of aromatic nitrogens is 1. The number of hydrogen-bond donors (Lipinski definition) is 3. The van der Waals surface area contributed by atoms with Crippen molar-refractivity contribution in [2.45, 2.75) is 32.4 Å². The molecular weight excluding hydrogens is 256 g/mol. The SMILES string of the molecule is CCCC(NCc1cc2ccccc2[nH]c1=O)C(=O)O. The van der Waals surface area contributed by atoms with E-state index in [4.69, 9.17) is 5.11 Å². The van der Waals surface area contributed by atoms with Gasteiger partial charge in [-0.05, 0) is 23.9 Å². The molecule has 3 N–H and O–H groups in total.